The molecule has 1 unspecified atom stereocenters. The summed E-state index contributed by atoms with van der Waals surface area (Å²) in [5, 5.41) is 6.20. The first kappa shape index (κ1) is 11.5. The minimum absolute atomic E-state index is 0.217. The quantitative estimate of drug-likeness (QED) is 0.651. The predicted molar refractivity (Wildman–Crippen MR) is 58.1 cm³/mol. The van der Waals surface area contributed by atoms with Gasteiger partial charge in [0.05, 0.1) is 5.92 Å². The molecule has 1 atom stereocenters. The minimum atomic E-state index is 0.217. The van der Waals surface area contributed by atoms with Gasteiger partial charge in [-0.1, -0.05) is 13.8 Å². The summed E-state index contributed by atoms with van der Waals surface area (Å²) in [5.74, 6) is 1.19. The van der Waals surface area contributed by atoms with Gasteiger partial charge in [-0.3, -0.25) is 4.79 Å². The van der Waals surface area contributed by atoms with Gasteiger partial charge in [-0.2, -0.15) is 0 Å². The Morgan fingerprint density at radius 3 is 2.93 bits per heavy atom. The van der Waals surface area contributed by atoms with Crippen LogP contribution in [0.15, 0.2) is 0 Å². The van der Waals surface area contributed by atoms with Crippen molar-refractivity contribution in [3.05, 3.63) is 0 Å². The molecule has 0 aliphatic carbocycles. The molecule has 0 saturated carbocycles. The van der Waals surface area contributed by atoms with Crippen molar-refractivity contribution in [1.82, 2.24) is 10.6 Å². The fourth-order valence-corrected chi connectivity index (χ4v) is 1.74. The molecule has 1 aliphatic rings. The molecule has 82 valence electrons. The number of carbonyl (C=O) groups excluding carboxylic acids is 1. The molecule has 1 aliphatic heterocycles. The molecule has 0 aromatic carbocycles. The van der Waals surface area contributed by atoms with Crippen LogP contribution in [0.25, 0.3) is 0 Å². The van der Waals surface area contributed by atoms with Gasteiger partial charge in [0, 0.05) is 13.1 Å². The summed E-state index contributed by atoms with van der Waals surface area (Å²) in [7, 11) is 0. The SMILES string of the molecule is CC(C)CCCNC(=O)C1CCNC1. The molecule has 1 rings (SSSR count). The Bertz CT molecular complexity index is 174. The van der Waals surface area contributed by atoms with Gasteiger partial charge in [0.25, 0.3) is 0 Å². The summed E-state index contributed by atoms with van der Waals surface area (Å²) < 4.78 is 0. The highest BCUT2D eigenvalue weighted by Gasteiger charge is 2.21. The number of nitrogens with one attached hydrogen (secondary N) is 2. The third-order valence-electron chi connectivity index (χ3n) is 2.69. The topological polar surface area (TPSA) is 41.1 Å². The Labute approximate surface area is 86.6 Å². The van der Waals surface area contributed by atoms with Crippen molar-refractivity contribution in [3.8, 4) is 0 Å². The molecule has 14 heavy (non-hydrogen) atoms. The smallest absolute Gasteiger partial charge is 0.224 e. The summed E-state index contributed by atoms with van der Waals surface area (Å²) in [5.41, 5.74) is 0. The van der Waals surface area contributed by atoms with E-state index in [1.807, 2.05) is 0 Å². The molecular formula is C11H22N2O. The van der Waals surface area contributed by atoms with E-state index in [2.05, 4.69) is 24.5 Å². The van der Waals surface area contributed by atoms with Gasteiger partial charge in [-0.15, -0.1) is 0 Å². The van der Waals surface area contributed by atoms with Crippen molar-refractivity contribution in [1.29, 1.82) is 0 Å². The molecule has 0 aromatic heterocycles. The van der Waals surface area contributed by atoms with E-state index in [0.717, 1.165) is 38.4 Å². The minimum Gasteiger partial charge on any atom is -0.356 e. The summed E-state index contributed by atoms with van der Waals surface area (Å²) in [6, 6.07) is 0. The van der Waals surface area contributed by atoms with Gasteiger partial charge in [0.1, 0.15) is 0 Å². The van der Waals surface area contributed by atoms with Crippen LogP contribution in [0.1, 0.15) is 33.1 Å². The predicted octanol–water partition coefficient (Wildman–Crippen LogP) is 1.15. The highest BCUT2D eigenvalue weighted by atomic mass is 16.1. The molecular weight excluding hydrogens is 176 g/mol. The van der Waals surface area contributed by atoms with Gasteiger partial charge >= 0.3 is 0 Å². The van der Waals surface area contributed by atoms with Crippen LogP contribution in [-0.2, 0) is 4.79 Å². The molecule has 2 N–H and O–H groups in total. The maximum atomic E-state index is 11.5. The summed E-state index contributed by atoms with van der Waals surface area (Å²) in [6.45, 7) is 7.11. The van der Waals surface area contributed by atoms with E-state index in [0.29, 0.717) is 0 Å². The van der Waals surface area contributed by atoms with E-state index in [1.165, 1.54) is 6.42 Å². The molecule has 3 nitrogen and oxygen atoms in total. The maximum Gasteiger partial charge on any atom is 0.224 e. The number of carbonyl (C=O) groups is 1. The van der Waals surface area contributed by atoms with Gasteiger partial charge in [0.2, 0.25) is 5.91 Å². The maximum absolute atomic E-state index is 11.5. The lowest BCUT2D eigenvalue weighted by molar-refractivity contribution is -0.124. The van der Waals surface area contributed by atoms with Crippen LogP contribution in [-0.4, -0.2) is 25.5 Å². The molecule has 1 fully saturated rings. The van der Waals surface area contributed by atoms with Crippen LogP contribution in [0.4, 0.5) is 0 Å². The first-order chi connectivity index (χ1) is 6.70. The van der Waals surface area contributed by atoms with Crippen molar-refractivity contribution >= 4 is 5.91 Å². The molecule has 0 radical (unpaired) electrons. The van der Waals surface area contributed by atoms with Crippen molar-refractivity contribution < 1.29 is 4.79 Å². The Morgan fingerprint density at radius 2 is 2.36 bits per heavy atom. The number of hydrogen-bond donors (Lipinski definition) is 2. The monoisotopic (exact) mass is 198 g/mol. The normalized spacial score (nSPS) is 21.5. The molecule has 0 spiro atoms. The van der Waals surface area contributed by atoms with Crippen LogP contribution in [0.3, 0.4) is 0 Å². The Hall–Kier alpha value is -0.570. The van der Waals surface area contributed by atoms with Crippen LogP contribution >= 0.6 is 0 Å². The van der Waals surface area contributed by atoms with Crippen LogP contribution in [0.2, 0.25) is 0 Å². The number of amides is 1. The molecule has 1 saturated heterocycles. The van der Waals surface area contributed by atoms with Crippen molar-refractivity contribution in [2.75, 3.05) is 19.6 Å². The number of hydrogen-bond acceptors (Lipinski definition) is 2. The van der Waals surface area contributed by atoms with Crippen LogP contribution in [0.5, 0.6) is 0 Å². The highest BCUT2D eigenvalue weighted by molar-refractivity contribution is 5.79. The molecule has 0 aromatic rings. The molecule has 1 heterocycles. The van der Waals surface area contributed by atoms with Gasteiger partial charge < -0.3 is 10.6 Å². The first-order valence-corrected chi connectivity index (χ1v) is 5.68. The zero-order valence-corrected chi connectivity index (χ0v) is 9.31. The largest absolute Gasteiger partial charge is 0.356 e. The average Bonchev–Trinajstić information content (AvgIpc) is 2.64. The molecule has 3 heteroatoms. The standard InChI is InChI=1S/C11H22N2O/c1-9(2)4-3-6-13-11(14)10-5-7-12-8-10/h9-10,12H,3-8H2,1-2H3,(H,13,14). The zero-order chi connectivity index (χ0) is 10.4. The van der Waals surface area contributed by atoms with E-state index in [-0.39, 0.29) is 11.8 Å². The second-order valence-corrected chi connectivity index (χ2v) is 4.52. The average molecular weight is 198 g/mol. The fraction of sp³-hybridized carbons (Fsp3) is 0.909. The lowest BCUT2D eigenvalue weighted by atomic mass is 10.1. The van der Waals surface area contributed by atoms with Crippen LogP contribution < -0.4 is 10.6 Å². The van der Waals surface area contributed by atoms with E-state index >= 15 is 0 Å². The fourth-order valence-electron chi connectivity index (χ4n) is 1.74. The second-order valence-electron chi connectivity index (χ2n) is 4.52. The molecule has 1 amide bonds. The second kappa shape index (κ2) is 6.02. The summed E-state index contributed by atoms with van der Waals surface area (Å²) >= 11 is 0. The van der Waals surface area contributed by atoms with Crippen molar-refractivity contribution in [3.63, 3.8) is 0 Å². The summed E-state index contributed by atoms with van der Waals surface area (Å²) in [4.78, 5) is 11.5. The highest BCUT2D eigenvalue weighted by Crippen LogP contribution is 2.07. The molecule has 0 bridgehead atoms. The van der Waals surface area contributed by atoms with E-state index in [4.69, 9.17) is 0 Å². The third-order valence-corrected chi connectivity index (χ3v) is 2.69. The van der Waals surface area contributed by atoms with Gasteiger partial charge in [0.15, 0.2) is 0 Å². The zero-order valence-electron chi connectivity index (χ0n) is 9.31. The Balaban J connectivity index is 2.03. The van der Waals surface area contributed by atoms with E-state index in [1.54, 1.807) is 0 Å². The van der Waals surface area contributed by atoms with Crippen LogP contribution in [0, 0.1) is 11.8 Å². The van der Waals surface area contributed by atoms with E-state index < -0.39 is 0 Å². The van der Waals surface area contributed by atoms with Gasteiger partial charge in [-0.05, 0) is 31.7 Å². The van der Waals surface area contributed by atoms with Crippen molar-refractivity contribution in [2.45, 2.75) is 33.1 Å². The van der Waals surface area contributed by atoms with Crippen molar-refractivity contribution in [2.24, 2.45) is 11.8 Å². The Kier molecular flexibility index (Phi) is 4.94. The lowest BCUT2D eigenvalue weighted by Gasteiger charge is -2.10. The lowest BCUT2D eigenvalue weighted by Crippen LogP contribution is -2.32. The Morgan fingerprint density at radius 1 is 1.57 bits per heavy atom. The first-order valence-electron chi connectivity index (χ1n) is 5.68. The number of rotatable bonds is 5. The van der Waals surface area contributed by atoms with Gasteiger partial charge in [-0.25, -0.2) is 0 Å². The van der Waals surface area contributed by atoms with E-state index in [9.17, 15) is 4.79 Å². The summed E-state index contributed by atoms with van der Waals surface area (Å²) in [6.07, 6.45) is 3.29. The third kappa shape index (κ3) is 4.09.